The van der Waals surface area contributed by atoms with Crippen LogP contribution in [-0.2, 0) is 4.74 Å². The van der Waals surface area contributed by atoms with Gasteiger partial charge in [-0.15, -0.1) is 0 Å². The van der Waals surface area contributed by atoms with Gasteiger partial charge in [-0.25, -0.2) is 0 Å². The topological polar surface area (TPSA) is 59.4 Å². The van der Waals surface area contributed by atoms with Crippen molar-refractivity contribution in [1.82, 2.24) is 14.7 Å². The third-order valence-electron chi connectivity index (χ3n) is 3.60. The molecule has 0 aromatic rings. The molecule has 1 saturated heterocycles. The van der Waals surface area contributed by atoms with Crippen molar-refractivity contribution < 1.29 is 14.9 Å². The number of nitrogens with zero attached hydrogens (tertiary/aromatic N) is 3. The zero-order valence-corrected chi connectivity index (χ0v) is 12.8. The number of ether oxygens (including phenoxy) is 1. The SMILES string of the molecule is CN(C)CCN(C)C1C(CN(C)C)OC(CO)C1O. The van der Waals surface area contributed by atoms with Gasteiger partial charge in [0.1, 0.15) is 12.2 Å². The van der Waals surface area contributed by atoms with Crippen LogP contribution in [0, 0.1) is 0 Å². The molecule has 6 nitrogen and oxygen atoms in total. The summed E-state index contributed by atoms with van der Waals surface area (Å²) >= 11 is 0. The third kappa shape index (κ3) is 4.66. The molecule has 114 valence electrons. The molecule has 1 aliphatic rings. The summed E-state index contributed by atoms with van der Waals surface area (Å²) in [5.74, 6) is 0. The maximum absolute atomic E-state index is 10.3. The highest BCUT2D eigenvalue weighted by atomic mass is 16.5. The van der Waals surface area contributed by atoms with Gasteiger partial charge in [0.05, 0.1) is 18.8 Å². The van der Waals surface area contributed by atoms with Crippen molar-refractivity contribution >= 4 is 0 Å². The Morgan fingerprint density at radius 2 is 1.58 bits per heavy atom. The molecule has 1 heterocycles. The minimum atomic E-state index is -0.637. The molecule has 0 amide bonds. The van der Waals surface area contributed by atoms with Gasteiger partial charge in [-0.2, -0.15) is 0 Å². The molecule has 4 unspecified atom stereocenters. The summed E-state index contributed by atoms with van der Waals surface area (Å²) in [6.45, 7) is 2.39. The lowest BCUT2D eigenvalue weighted by molar-refractivity contribution is -0.0273. The van der Waals surface area contributed by atoms with E-state index in [-0.39, 0.29) is 18.8 Å². The first-order valence-electron chi connectivity index (χ1n) is 6.81. The van der Waals surface area contributed by atoms with E-state index >= 15 is 0 Å². The van der Waals surface area contributed by atoms with Crippen molar-refractivity contribution in [1.29, 1.82) is 0 Å². The summed E-state index contributed by atoms with van der Waals surface area (Å²) in [6.07, 6.45) is -1.19. The normalized spacial score (nSPS) is 31.9. The number of hydrogen-bond donors (Lipinski definition) is 2. The fourth-order valence-electron chi connectivity index (χ4n) is 2.54. The second-order valence-corrected chi connectivity index (χ2v) is 5.92. The molecule has 0 aromatic heterocycles. The van der Waals surface area contributed by atoms with Crippen LogP contribution >= 0.6 is 0 Å². The summed E-state index contributed by atoms with van der Waals surface area (Å²) < 4.78 is 5.78. The molecular weight excluding hydrogens is 246 g/mol. The molecule has 19 heavy (non-hydrogen) atoms. The standard InChI is InChI=1S/C13H29N3O3/c1-14(2)6-7-16(5)12-10(8-15(3)4)19-11(9-17)13(12)18/h10-13,17-18H,6-9H2,1-5H3. The second-order valence-electron chi connectivity index (χ2n) is 5.92. The van der Waals surface area contributed by atoms with E-state index in [1.165, 1.54) is 0 Å². The number of likely N-dealkylation sites (N-methyl/N-ethyl adjacent to an activating group) is 3. The van der Waals surface area contributed by atoms with Crippen LogP contribution in [0.2, 0.25) is 0 Å². The van der Waals surface area contributed by atoms with Crippen LogP contribution in [0.15, 0.2) is 0 Å². The Morgan fingerprint density at radius 3 is 2.05 bits per heavy atom. The highest BCUT2D eigenvalue weighted by Gasteiger charge is 2.45. The van der Waals surface area contributed by atoms with E-state index in [0.717, 1.165) is 19.6 Å². The van der Waals surface area contributed by atoms with Gasteiger partial charge in [0, 0.05) is 19.6 Å². The van der Waals surface area contributed by atoms with Crippen LogP contribution in [0.5, 0.6) is 0 Å². The molecular formula is C13H29N3O3. The number of rotatable bonds is 7. The molecule has 0 saturated carbocycles. The minimum absolute atomic E-state index is 0.0699. The van der Waals surface area contributed by atoms with Gasteiger partial charge in [0.25, 0.3) is 0 Å². The maximum Gasteiger partial charge on any atom is 0.109 e. The predicted molar refractivity (Wildman–Crippen MR) is 75.3 cm³/mol. The molecule has 0 aromatic carbocycles. The Bertz CT molecular complexity index is 264. The van der Waals surface area contributed by atoms with E-state index in [1.54, 1.807) is 0 Å². The van der Waals surface area contributed by atoms with Gasteiger partial charge < -0.3 is 24.7 Å². The zero-order valence-electron chi connectivity index (χ0n) is 12.8. The Labute approximate surface area is 116 Å². The molecule has 0 radical (unpaired) electrons. The van der Waals surface area contributed by atoms with Crippen LogP contribution in [0.1, 0.15) is 0 Å². The van der Waals surface area contributed by atoms with Crippen LogP contribution < -0.4 is 0 Å². The molecule has 1 fully saturated rings. The van der Waals surface area contributed by atoms with E-state index in [9.17, 15) is 10.2 Å². The van der Waals surface area contributed by atoms with Crippen molar-refractivity contribution in [2.24, 2.45) is 0 Å². The van der Waals surface area contributed by atoms with Gasteiger partial charge in [-0.1, -0.05) is 0 Å². The van der Waals surface area contributed by atoms with Crippen molar-refractivity contribution in [3.05, 3.63) is 0 Å². The van der Waals surface area contributed by atoms with Gasteiger partial charge in [0.15, 0.2) is 0 Å². The average molecular weight is 275 g/mol. The van der Waals surface area contributed by atoms with Crippen molar-refractivity contribution in [2.75, 3.05) is 61.5 Å². The van der Waals surface area contributed by atoms with Crippen LogP contribution in [0.25, 0.3) is 0 Å². The monoisotopic (exact) mass is 275 g/mol. The predicted octanol–water partition coefficient (Wildman–Crippen LogP) is -1.47. The lowest BCUT2D eigenvalue weighted by Crippen LogP contribution is -2.50. The highest BCUT2D eigenvalue weighted by molar-refractivity contribution is 4.97. The van der Waals surface area contributed by atoms with E-state index in [1.807, 2.05) is 40.1 Å². The smallest absolute Gasteiger partial charge is 0.109 e. The summed E-state index contributed by atoms with van der Waals surface area (Å²) in [5.41, 5.74) is 0. The summed E-state index contributed by atoms with van der Waals surface area (Å²) in [6, 6.07) is -0.0699. The molecule has 1 rings (SSSR count). The lowest BCUT2D eigenvalue weighted by atomic mass is 10.0. The number of hydrogen-bond acceptors (Lipinski definition) is 6. The Kier molecular flexibility index (Phi) is 6.65. The second kappa shape index (κ2) is 7.52. The van der Waals surface area contributed by atoms with Crippen LogP contribution in [-0.4, -0.2) is 111 Å². The van der Waals surface area contributed by atoms with Gasteiger partial charge in [-0.05, 0) is 35.2 Å². The van der Waals surface area contributed by atoms with Gasteiger partial charge >= 0.3 is 0 Å². The minimum Gasteiger partial charge on any atom is -0.394 e. The molecule has 6 heteroatoms. The first-order chi connectivity index (χ1) is 8.86. The lowest BCUT2D eigenvalue weighted by Gasteiger charge is -2.32. The Hall–Kier alpha value is -0.240. The largest absolute Gasteiger partial charge is 0.394 e. The summed E-state index contributed by atoms with van der Waals surface area (Å²) in [7, 11) is 10.0. The average Bonchev–Trinajstić information content (AvgIpc) is 2.61. The summed E-state index contributed by atoms with van der Waals surface area (Å²) in [4.78, 5) is 6.29. The first kappa shape index (κ1) is 16.8. The van der Waals surface area contributed by atoms with E-state index in [2.05, 4.69) is 9.80 Å². The van der Waals surface area contributed by atoms with Crippen molar-refractivity contribution in [3.63, 3.8) is 0 Å². The van der Waals surface area contributed by atoms with Gasteiger partial charge in [-0.3, -0.25) is 4.90 Å². The van der Waals surface area contributed by atoms with Gasteiger partial charge in [0.2, 0.25) is 0 Å². The number of aliphatic hydroxyl groups excluding tert-OH is 2. The first-order valence-corrected chi connectivity index (χ1v) is 6.81. The van der Waals surface area contributed by atoms with Crippen molar-refractivity contribution in [3.8, 4) is 0 Å². The fourth-order valence-corrected chi connectivity index (χ4v) is 2.54. The molecule has 4 atom stereocenters. The Morgan fingerprint density at radius 1 is 0.947 bits per heavy atom. The third-order valence-corrected chi connectivity index (χ3v) is 3.60. The summed E-state index contributed by atoms with van der Waals surface area (Å²) in [5, 5.41) is 19.6. The maximum atomic E-state index is 10.3. The van der Waals surface area contributed by atoms with Crippen LogP contribution in [0.3, 0.4) is 0 Å². The molecule has 1 aliphatic heterocycles. The number of aliphatic hydroxyl groups is 2. The fraction of sp³-hybridized carbons (Fsp3) is 1.00. The van der Waals surface area contributed by atoms with E-state index < -0.39 is 12.2 Å². The highest BCUT2D eigenvalue weighted by Crippen LogP contribution is 2.25. The Balaban J connectivity index is 2.67. The zero-order chi connectivity index (χ0) is 14.6. The van der Waals surface area contributed by atoms with E-state index in [4.69, 9.17) is 4.74 Å². The van der Waals surface area contributed by atoms with E-state index in [0.29, 0.717) is 0 Å². The molecule has 0 bridgehead atoms. The molecule has 2 N–H and O–H groups in total. The van der Waals surface area contributed by atoms with Crippen LogP contribution in [0.4, 0.5) is 0 Å². The quantitative estimate of drug-likeness (QED) is 0.592. The molecule has 0 spiro atoms. The van der Waals surface area contributed by atoms with Crippen molar-refractivity contribution in [2.45, 2.75) is 24.4 Å². The molecule has 0 aliphatic carbocycles.